The number of aliphatic hydroxyl groups excluding tert-OH is 1. The first-order valence-electron chi connectivity index (χ1n) is 6.49. The molecule has 1 spiro atoms. The number of hydrogen-bond donors (Lipinski definition) is 2. The molecule has 3 saturated heterocycles. The Hall–Kier alpha value is -0.690. The zero-order valence-corrected chi connectivity index (χ0v) is 9.82. The monoisotopic (exact) mass is 256 g/mol. The van der Waals surface area contributed by atoms with Gasteiger partial charge >= 0.3 is 5.97 Å². The average Bonchev–Trinajstić information content (AvgIpc) is 3.03. The van der Waals surface area contributed by atoms with Crippen LogP contribution in [0.5, 0.6) is 0 Å². The van der Waals surface area contributed by atoms with Gasteiger partial charge in [0.2, 0.25) is 0 Å². The molecule has 0 aromatic carbocycles. The Bertz CT molecular complexity index is 398. The first-order chi connectivity index (χ1) is 8.60. The summed E-state index contributed by atoms with van der Waals surface area (Å²) in [5.41, 5.74) is -0.507. The van der Waals surface area contributed by atoms with Crippen LogP contribution in [0.1, 0.15) is 25.7 Å². The molecule has 1 aliphatic carbocycles. The summed E-state index contributed by atoms with van der Waals surface area (Å²) in [7, 11) is 0. The van der Waals surface area contributed by atoms with Crippen LogP contribution in [-0.2, 0) is 19.0 Å². The molecule has 2 unspecified atom stereocenters. The molecule has 0 aromatic rings. The third kappa shape index (κ3) is 1.34. The normalized spacial score (nSPS) is 56.7. The summed E-state index contributed by atoms with van der Waals surface area (Å²) in [5.74, 6) is -0.838. The van der Waals surface area contributed by atoms with E-state index < -0.39 is 17.7 Å². The summed E-state index contributed by atoms with van der Waals surface area (Å²) >= 11 is 0. The number of aliphatic hydroxyl groups is 1. The fourth-order valence-corrected chi connectivity index (χ4v) is 3.86. The van der Waals surface area contributed by atoms with E-state index in [4.69, 9.17) is 19.3 Å². The van der Waals surface area contributed by atoms with Gasteiger partial charge in [0, 0.05) is 6.42 Å². The lowest BCUT2D eigenvalue weighted by atomic mass is 9.77. The van der Waals surface area contributed by atoms with Gasteiger partial charge in [0.25, 0.3) is 0 Å². The van der Waals surface area contributed by atoms with Crippen LogP contribution in [-0.4, -0.2) is 58.4 Å². The minimum Gasteiger partial charge on any atom is -0.481 e. The summed E-state index contributed by atoms with van der Waals surface area (Å²) in [5, 5.41) is 18.8. The van der Waals surface area contributed by atoms with E-state index >= 15 is 0 Å². The standard InChI is InChI=1S/C12H16O6/c13-8(14)3-5-1-2-7-12(18-5)4-6(16-7)9(15)10-11(12)17-10/h5-7,9-11,15H,1-4H2,(H,13,14)/t5?,6-,7+,9+,10?,11+,12+/m1/s1. The second-order valence-corrected chi connectivity index (χ2v) is 5.75. The third-order valence-electron chi connectivity index (χ3n) is 4.67. The lowest BCUT2D eigenvalue weighted by Gasteiger charge is -2.41. The van der Waals surface area contributed by atoms with Gasteiger partial charge in [-0.1, -0.05) is 0 Å². The Labute approximate surface area is 104 Å². The van der Waals surface area contributed by atoms with Gasteiger partial charge in [-0.3, -0.25) is 4.79 Å². The molecule has 6 nitrogen and oxygen atoms in total. The van der Waals surface area contributed by atoms with Crippen molar-refractivity contribution >= 4 is 5.97 Å². The van der Waals surface area contributed by atoms with Crippen LogP contribution in [0.25, 0.3) is 0 Å². The summed E-state index contributed by atoms with van der Waals surface area (Å²) in [6, 6.07) is 0. The highest BCUT2D eigenvalue weighted by atomic mass is 16.7. The molecule has 4 aliphatic rings. The molecule has 2 N–H and O–H groups in total. The fraction of sp³-hybridized carbons (Fsp3) is 0.917. The van der Waals surface area contributed by atoms with Gasteiger partial charge in [-0.15, -0.1) is 0 Å². The van der Waals surface area contributed by atoms with E-state index in [9.17, 15) is 9.90 Å². The van der Waals surface area contributed by atoms with Crippen molar-refractivity contribution in [3.8, 4) is 0 Å². The number of rotatable bonds is 2. The maximum absolute atomic E-state index is 10.8. The SMILES string of the molecule is O=C(O)CC1CC[C@@H]2O[C@@H]3C[C@@]2(O1)[C@H]1OC1[C@H]3O. The number of aliphatic carboxylic acids is 1. The van der Waals surface area contributed by atoms with E-state index in [0.29, 0.717) is 12.8 Å². The molecular weight excluding hydrogens is 240 g/mol. The maximum atomic E-state index is 10.8. The van der Waals surface area contributed by atoms with Crippen LogP contribution in [0.4, 0.5) is 0 Å². The minimum atomic E-state index is -0.838. The van der Waals surface area contributed by atoms with Gasteiger partial charge in [-0.25, -0.2) is 0 Å². The van der Waals surface area contributed by atoms with Crippen molar-refractivity contribution in [3.05, 3.63) is 0 Å². The van der Waals surface area contributed by atoms with Crippen molar-refractivity contribution < 1.29 is 29.2 Å². The van der Waals surface area contributed by atoms with Crippen molar-refractivity contribution in [3.63, 3.8) is 0 Å². The molecule has 0 amide bonds. The van der Waals surface area contributed by atoms with Crippen LogP contribution in [0.2, 0.25) is 0 Å². The largest absolute Gasteiger partial charge is 0.481 e. The number of fused-ring (bicyclic) bond motifs is 2. The third-order valence-corrected chi connectivity index (χ3v) is 4.67. The number of carboxylic acid groups (broad SMARTS) is 1. The molecule has 3 aliphatic heterocycles. The highest BCUT2D eigenvalue weighted by Gasteiger charge is 2.73. The highest BCUT2D eigenvalue weighted by molar-refractivity contribution is 5.67. The molecule has 6 heteroatoms. The summed E-state index contributed by atoms with van der Waals surface area (Å²) < 4.78 is 17.4. The quantitative estimate of drug-likeness (QED) is 0.658. The lowest BCUT2D eigenvalue weighted by Crippen LogP contribution is -2.55. The van der Waals surface area contributed by atoms with Crippen molar-refractivity contribution in [1.29, 1.82) is 0 Å². The fourth-order valence-electron chi connectivity index (χ4n) is 3.86. The molecule has 3 heterocycles. The van der Waals surface area contributed by atoms with Crippen molar-refractivity contribution in [1.82, 2.24) is 0 Å². The minimum absolute atomic E-state index is 0.0269. The predicted octanol–water partition coefficient (Wildman–Crippen LogP) is -0.322. The molecule has 4 rings (SSSR count). The summed E-state index contributed by atoms with van der Waals surface area (Å²) in [6.45, 7) is 0. The van der Waals surface area contributed by atoms with Crippen molar-refractivity contribution in [2.45, 2.75) is 67.9 Å². The molecule has 0 aromatic heterocycles. The number of hydrogen-bond acceptors (Lipinski definition) is 5. The molecular formula is C12H16O6. The zero-order valence-electron chi connectivity index (χ0n) is 9.82. The van der Waals surface area contributed by atoms with Crippen LogP contribution < -0.4 is 0 Å². The first kappa shape index (κ1) is 11.2. The molecule has 100 valence electrons. The summed E-state index contributed by atoms with van der Waals surface area (Å²) in [6.07, 6.45) is 0.725. The van der Waals surface area contributed by atoms with Crippen LogP contribution >= 0.6 is 0 Å². The zero-order chi connectivity index (χ0) is 12.5. The Kier molecular flexibility index (Phi) is 2.14. The smallest absolute Gasteiger partial charge is 0.305 e. The highest BCUT2D eigenvalue weighted by Crippen LogP contribution is 2.56. The lowest BCUT2D eigenvalue weighted by molar-refractivity contribution is -0.181. The number of epoxide rings is 1. The topological polar surface area (TPSA) is 88.5 Å². The second-order valence-electron chi connectivity index (χ2n) is 5.75. The molecule has 4 fully saturated rings. The van der Waals surface area contributed by atoms with Gasteiger partial charge in [-0.05, 0) is 12.8 Å². The Morgan fingerprint density at radius 1 is 1.33 bits per heavy atom. The van der Waals surface area contributed by atoms with Gasteiger partial charge < -0.3 is 24.4 Å². The number of ether oxygens (including phenoxy) is 3. The Morgan fingerprint density at radius 2 is 2.17 bits per heavy atom. The van der Waals surface area contributed by atoms with Crippen molar-refractivity contribution in [2.24, 2.45) is 0 Å². The van der Waals surface area contributed by atoms with E-state index in [1.807, 2.05) is 0 Å². The molecule has 1 saturated carbocycles. The summed E-state index contributed by atoms with van der Waals surface area (Å²) in [4.78, 5) is 10.8. The number of carbonyl (C=O) groups is 1. The second kappa shape index (κ2) is 3.45. The molecule has 0 radical (unpaired) electrons. The van der Waals surface area contributed by atoms with Gasteiger partial charge in [-0.2, -0.15) is 0 Å². The molecule has 7 atom stereocenters. The number of carboxylic acids is 1. The van der Waals surface area contributed by atoms with Crippen LogP contribution in [0.3, 0.4) is 0 Å². The first-order valence-corrected chi connectivity index (χ1v) is 6.49. The average molecular weight is 256 g/mol. The van der Waals surface area contributed by atoms with Crippen LogP contribution in [0.15, 0.2) is 0 Å². The molecule has 18 heavy (non-hydrogen) atoms. The van der Waals surface area contributed by atoms with E-state index in [1.54, 1.807) is 0 Å². The Morgan fingerprint density at radius 3 is 2.94 bits per heavy atom. The molecule has 2 bridgehead atoms. The van der Waals surface area contributed by atoms with Crippen LogP contribution in [0, 0.1) is 0 Å². The maximum Gasteiger partial charge on any atom is 0.305 e. The van der Waals surface area contributed by atoms with Gasteiger partial charge in [0.15, 0.2) is 0 Å². The van der Waals surface area contributed by atoms with E-state index in [0.717, 1.165) is 6.42 Å². The van der Waals surface area contributed by atoms with Gasteiger partial charge in [0.05, 0.1) is 24.7 Å². The van der Waals surface area contributed by atoms with E-state index in [-0.39, 0.29) is 36.9 Å². The van der Waals surface area contributed by atoms with Crippen molar-refractivity contribution in [2.75, 3.05) is 0 Å². The predicted molar refractivity (Wildman–Crippen MR) is 57.0 cm³/mol. The Balaban J connectivity index is 1.59. The van der Waals surface area contributed by atoms with Gasteiger partial charge in [0.1, 0.15) is 23.9 Å². The van der Waals surface area contributed by atoms with E-state index in [2.05, 4.69) is 0 Å². The van der Waals surface area contributed by atoms with E-state index in [1.165, 1.54) is 0 Å².